The number of benzene rings is 2. The Labute approximate surface area is 191 Å². The number of anilines is 2. The van der Waals surface area contributed by atoms with Crippen LogP contribution in [0.1, 0.15) is 25.3 Å². The summed E-state index contributed by atoms with van der Waals surface area (Å²) in [4.78, 5) is 26.4. The van der Waals surface area contributed by atoms with Crippen molar-refractivity contribution < 1.29 is 14.3 Å². The Bertz CT molecular complexity index is 1130. The predicted molar refractivity (Wildman–Crippen MR) is 125 cm³/mol. The molecule has 0 atom stereocenters. The first-order chi connectivity index (χ1) is 15.6. The topological polar surface area (TPSA) is 89.4 Å². The highest BCUT2D eigenvalue weighted by atomic mass is 32.2. The molecular formula is C23H25N5O3S. The Morgan fingerprint density at radius 3 is 2.81 bits per heavy atom. The van der Waals surface area contributed by atoms with E-state index in [-0.39, 0.29) is 17.6 Å². The van der Waals surface area contributed by atoms with Gasteiger partial charge in [0.15, 0.2) is 5.16 Å². The third-order valence-electron chi connectivity index (χ3n) is 5.31. The standard InChI is InChI=1S/C23H25N5O3S/c1-3-16-7-4-5-8-18(16)28-15-24-26-23(28)32-14-21(29)25-17-10-11-19(20(13-17)31-2)27-12-6-9-22(27)30/h4-5,7-8,10-11,13,15H,3,6,9,12,14H2,1-2H3,(H,25,29). The quantitative estimate of drug-likeness (QED) is 0.526. The van der Waals surface area contributed by atoms with E-state index in [2.05, 4.69) is 28.5 Å². The summed E-state index contributed by atoms with van der Waals surface area (Å²) in [5.74, 6) is 0.661. The Kier molecular flexibility index (Phi) is 6.75. The maximum atomic E-state index is 12.6. The molecule has 0 radical (unpaired) electrons. The molecule has 1 saturated heterocycles. The van der Waals surface area contributed by atoms with Crippen LogP contribution in [-0.4, -0.2) is 46.0 Å². The molecule has 1 fully saturated rings. The number of rotatable bonds is 8. The lowest BCUT2D eigenvalue weighted by atomic mass is 10.1. The predicted octanol–water partition coefficient (Wildman–Crippen LogP) is 3.70. The number of nitrogens with zero attached hydrogens (tertiary/aromatic N) is 4. The molecular weight excluding hydrogens is 426 g/mol. The lowest BCUT2D eigenvalue weighted by Crippen LogP contribution is -2.24. The third kappa shape index (κ3) is 4.62. The van der Waals surface area contributed by atoms with Crippen LogP contribution in [0.25, 0.3) is 5.69 Å². The van der Waals surface area contributed by atoms with E-state index < -0.39 is 0 Å². The maximum Gasteiger partial charge on any atom is 0.234 e. The molecule has 2 amide bonds. The van der Waals surface area contributed by atoms with Crippen molar-refractivity contribution in [3.8, 4) is 11.4 Å². The molecule has 9 heteroatoms. The van der Waals surface area contributed by atoms with E-state index in [0.717, 1.165) is 24.2 Å². The summed E-state index contributed by atoms with van der Waals surface area (Å²) in [5, 5.41) is 11.7. The zero-order valence-corrected chi connectivity index (χ0v) is 18.9. The molecule has 166 valence electrons. The highest BCUT2D eigenvalue weighted by Crippen LogP contribution is 2.34. The summed E-state index contributed by atoms with van der Waals surface area (Å²) in [6, 6.07) is 13.4. The fourth-order valence-electron chi connectivity index (χ4n) is 3.74. The van der Waals surface area contributed by atoms with E-state index in [1.54, 1.807) is 30.5 Å². The first-order valence-electron chi connectivity index (χ1n) is 10.5. The van der Waals surface area contributed by atoms with Crippen molar-refractivity contribution in [2.45, 2.75) is 31.3 Å². The molecule has 0 unspecified atom stereocenters. The molecule has 2 heterocycles. The zero-order chi connectivity index (χ0) is 22.5. The molecule has 3 aromatic rings. The Morgan fingerprint density at radius 2 is 2.06 bits per heavy atom. The molecule has 1 aliphatic heterocycles. The summed E-state index contributed by atoms with van der Waals surface area (Å²) in [6.45, 7) is 2.78. The van der Waals surface area contributed by atoms with Crippen LogP contribution in [0.2, 0.25) is 0 Å². The van der Waals surface area contributed by atoms with Crippen LogP contribution in [0.3, 0.4) is 0 Å². The van der Waals surface area contributed by atoms with Crippen LogP contribution in [0.5, 0.6) is 5.75 Å². The molecule has 1 aliphatic rings. The van der Waals surface area contributed by atoms with Gasteiger partial charge in [-0.05, 0) is 36.6 Å². The van der Waals surface area contributed by atoms with Gasteiger partial charge in [0.25, 0.3) is 0 Å². The van der Waals surface area contributed by atoms with Crippen LogP contribution >= 0.6 is 11.8 Å². The monoisotopic (exact) mass is 451 g/mol. The van der Waals surface area contributed by atoms with E-state index in [9.17, 15) is 9.59 Å². The summed E-state index contributed by atoms with van der Waals surface area (Å²) in [7, 11) is 1.56. The molecule has 2 aromatic carbocycles. The van der Waals surface area contributed by atoms with Crippen molar-refractivity contribution in [3.63, 3.8) is 0 Å². The van der Waals surface area contributed by atoms with Gasteiger partial charge in [0.05, 0.1) is 24.2 Å². The van der Waals surface area contributed by atoms with E-state index in [4.69, 9.17) is 4.74 Å². The second-order valence-corrected chi connectivity index (χ2v) is 8.28. The van der Waals surface area contributed by atoms with Crippen molar-refractivity contribution in [1.29, 1.82) is 0 Å². The molecule has 0 spiro atoms. The van der Waals surface area contributed by atoms with Gasteiger partial charge in [0.1, 0.15) is 12.1 Å². The van der Waals surface area contributed by atoms with Crippen molar-refractivity contribution in [1.82, 2.24) is 14.8 Å². The number of hydrogen-bond acceptors (Lipinski definition) is 6. The van der Waals surface area contributed by atoms with Crippen LogP contribution in [0.15, 0.2) is 53.9 Å². The second-order valence-electron chi connectivity index (χ2n) is 7.34. The van der Waals surface area contributed by atoms with Gasteiger partial charge >= 0.3 is 0 Å². The fourth-order valence-corrected chi connectivity index (χ4v) is 4.46. The van der Waals surface area contributed by atoms with Crippen LogP contribution in [0.4, 0.5) is 11.4 Å². The second kappa shape index (κ2) is 9.86. The van der Waals surface area contributed by atoms with Gasteiger partial charge in [0.2, 0.25) is 11.8 Å². The molecule has 32 heavy (non-hydrogen) atoms. The number of hydrogen-bond donors (Lipinski definition) is 1. The van der Waals surface area contributed by atoms with Gasteiger partial charge in [-0.15, -0.1) is 10.2 Å². The number of para-hydroxylation sites is 1. The average molecular weight is 452 g/mol. The molecule has 0 saturated carbocycles. The highest BCUT2D eigenvalue weighted by Gasteiger charge is 2.24. The van der Waals surface area contributed by atoms with Gasteiger partial charge in [0, 0.05) is 24.7 Å². The number of nitrogens with one attached hydrogen (secondary N) is 1. The summed E-state index contributed by atoms with van der Waals surface area (Å²) < 4.78 is 7.37. The van der Waals surface area contributed by atoms with Crippen molar-refractivity contribution in [3.05, 3.63) is 54.4 Å². The number of aromatic nitrogens is 3. The number of ether oxygens (including phenoxy) is 1. The normalized spacial score (nSPS) is 13.4. The molecule has 1 N–H and O–H groups in total. The number of aryl methyl sites for hydroxylation is 1. The molecule has 8 nitrogen and oxygen atoms in total. The lowest BCUT2D eigenvalue weighted by molar-refractivity contribution is -0.117. The van der Waals surface area contributed by atoms with Crippen LogP contribution < -0.4 is 15.0 Å². The average Bonchev–Trinajstić information content (AvgIpc) is 3.46. The van der Waals surface area contributed by atoms with Gasteiger partial charge in [-0.2, -0.15) is 0 Å². The Morgan fingerprint density at radius 1 is 1.22 bits per heavy atom. The SMILES string of the molecule is CCc1ccccc1-n1cnnc1SCC(=O)Nc1ccc(N2CCCC2=O)c(OC)c1. The smallest absolute Gasteiger partial charge is 0.234 e. The minimum absolute atomic E-state index is 0.0882. The maximum absolute atomic E-state index is 12.6. The summed E-state index contributed by atoms with van der Waals surface area (Å²) in [5.41, 5.74) is 3.53. The first kappa shape index (κ1) is 21.9. The van der Waals surface area contributed by atoms with Crippen molar-refractivity contribution in [2.75, 3.05) is 29.6 Å². The highest BCUT2D eigenvalue weighted by molar-refractivity contribution is 7.99. The summed E-state index contributed by atoms with van der Waals surface area (Å²) in [6.07, 6.45) is 3.94. The van der Waals surface area contributed by atoms with Gasteiger partial charge in [-0.3, -0.25) is 14.2 Å². The van der Waals surface area contributed by atoms with E-state index >= 15 is 0 Å². The largest absolute Gasteiger partial charge is 0.494 e. The number of carbonyl (C=O) groups is 2. The van der Waals surface area contributed by atoms with E-state index in [0.29, 0.717) is 29.6 Å². The van der Waals surface area contributed by atoms with Crippen molar-refractivity contribution in [2.24, 2.45) is 0 Å². The van der Waals surface area contributed by atoms with Crippen LogP contribution in [-0.2, 0) is 16.0 Å². The number of thioether (sulfide) groups is 1. The van der Waals surface area contributed by atoms with Gasteiger partial charge in [-0.1, -0.05) is 36.9 Å². The first-order valence-corrected chi connectivity index (χ1v) is 11.5. The number of carbonyl (C=O) groups excluding carboxylic acids is 2. The number of amides is 2. The third-order valence-corrected chi connectivity index (χ3v) is 6.25. The van der Waals surface area contributed by atoms with E-state index in [1.807, 2.05) is 28.8 Å². The lowest BCUT2D eigenvalue weighted by Gasteiger charge is -2.19. The molecule has 0 bridgehead atoms. The minimum Gasteiger partial charge on any atom is -0.494 e. The molecule has 4 rings (SSSR count). The van der Waals surface area contributed by atoms with Gasteiger partial charge < -0.3 is 15.0 Å². The summed E-state index contributed by atoms with van der Waals surface area (Å²) >= 11 is 1.32. The minimum atomic E-state index is -0.166. The van der Waals surface area contributed by atoms with Crippen LogP contribution in [0, 0.1) is 0 Å². The fraction of sp³-hybridized carbons (Fsp3) is 0.304. The molecule has 1 aromatic heterocycles. The van der Waals surface area contributed by atoms with E-state index in [1.165, 1.54) is 17.3 Å². The number of methoxy groups -OCH3 is 1. The zero-order valence-electron chi connectivity index (χ0n) is 18.1. The van der Waals surface area contributed by atoms with Crippen molar-refractivity contribution >= 4 is 35.0 Å². The Balaban J connectivity index is 1.42. The molecule has 0 aliphatic carbocycles. The Hall–Kier alpha value is -3.33. The van der Waals surface area contributed by atoms with Gasteiger partial charge in [-0.25, -0.2) is 0 Å².